The lowest BCUT2D eigenvalue weighted by atomic mass is 9.82. The van der Waals surface area contributed by atoms with Crippen molar-refractivity contribution in [1.29, 1.82) is 0 Å². The molecule has 2 fully saturated rings. The first-order valence-corrected chi connectivity index (χ1v) is 7.79. The number of ether oxygens (including phenoxy) is 2. The molecule has 4 atom stereocenters. The average Bonchev–Trinajstić information content (AvgIpc) is 2.97. The van der Waals surface area contributed by atoms with E-state index < -0.39 is 0 Å². The number of cyclic esters (lactones) is 4. The lowest BCUT2D eigenvalue weighted by Gasteiger charge is -2.17. The van der Waals surface area contributed by atoms with E-state index in [9.17, 15) is 19.2 Å². The molecule has 0 spiro atoms. The van der Waals surface area contributed by atoms with Gasteiger partial charge in [-0.15, -0.1) is 0 Å². The van der Waals surface area contributed by atoms with E-state index in [1.54, 1.807) is 0 Å². The Balaban J connectivity index is 0.000000136. The number of carbonyl (C=O) groups excluding carboxylic acids is 4. The van der Waals surface area contributed by atoms with Crippen molar-refractivity contribution < 1.29 is 28.7 Å². The number of hydrogen-bond acceptors (Lipinski definition) is 6. The van der Waals surface area contributed by atoms with E-state index in [4.69, 9.17) is 0 Å². The Bertz CT molecular complexity index is 605. The fourth-order valence-electron chi connectivity index (χ4n) is 3.41. The van der Waals surface area contributed by atoms with E-state index in [0.717, 1.165) is 0 Å². The van der Waals surface area contributed by atoms with Crippen LogP contribution in [0.25, 0.3) is 0 Å². The fourth-order valence-corrected chi connectivity index (χ4v) is 3.41. The summed E-state index contributed by atoms with van der Waals surface area (Å²) >= 11 is 0. The first-order chi connectivity index (χ1) is 11.0. The van der Waals surface area contributed by atoms with E-state index in [1.807, 2.05) is 25.2 Å². The quantitative estimate of drug-likeness (QED) is 0.384. The summed E-state index contributed by atoms with van der Waals surface area (Å²) in [5.74, 6) is -2.12. The molecule has 2 aliphatic carbocycles. The third-order valence-corrected chi connectivity index (χ3v) is 4.79. The van der Waals surface area contributed by atoms with Crippen LogP contribution in [-0.2, 0) is 28.7 Å². The summed E-state index contributed by atoms with van der Waals surface area (Å²) in [5.41, 5.74) is 1.18. The number of hydrogen-bond donors (Lipinski definition) is 0. The van der Waals surface area contributed by atoms with E-state index in [2.05, 4.69) is 9.47 Å². The van der Waals surface area contributed by atoms with Crippen LogP contribution in [0.2, 0.25) is 0 Å². The Morgan fingerprint density at radius 3 is 1.70 bits per heavy atom. The van der Waals surface area contributed by atoms with Gasteiger partial charge in [0.05, 0.1) is 23.7 Å². The molecule has 4 unspecified atom stereocenters. The first-order valence-electron chi connectivity index (χ1n) is 7.79. The van der Waals surface area contributed by atoms with Crippen molar-refractivity contribution in [3.05, 3.63) is 23.8 Å². The molecule has 0 amide bonds. The molecule has 0 aromatic heterocycles. The molecular weight excluding hydrogens is 300 g/mol. The molecule has 0 saturated carbocycles. The molecule has 2 heterocycles. The maximum atomic E-state index is 11.1. The Kier molecular flexibility index (Phi) is 4.15. The molecule has 122 valence electrons. The molecule has 23 heavy (non-hydrogen) atoms. The summed E-state index contributed by atoms with van der Waals surface area (Å²) in [4.78, 5) is 44.0. The number of esters is 4. The smallest absolute Gasteiger partial charge is 0.317 e. The van der Waals surface area contributed by atoms with E-state index >= 15 is 0 Å². The molecule has 6 nitrogen and oxygen atoms in total. The van der Waals surface area contributed by atoms with Crippen LogP contribution in [0.3, 0.4) is 0 Å². The fraction of sp³-hybridized carbons (Fsp3) is 0.529. The monoisotopic (exact) mass is 318 g/mol. The standard InChI is InChI=1S/C9H10O3.C8H8O3/c1-5-2-3-6-7(4-5)9(11)12-8(6)10;9-7-5-3-1-2-4-6(5)8(10)11-7/h2,6-7H,3-4H2,1H3;1-2,5-6H,3-4H2. The zero-order valence-corrected chi connectivity index (χ0v) is 12.8. The normalized spacial score (nSPS) is 34.7. The highest BCUT2D eigenvalue weighted by Gasteiger charge is 2.45. The largest absolute Gasteiger partial charge is 0.393 e. The third-order valence-electron chi connectivity index (χ3n) is 4.79. The van der Waals surface area contributed by atoms with Crippen molar-refractivity contribution in [2.45, 2.75) is 32.6 Å². The van der Waals surface area contributed by atoms with E-state index in [0.29, 0.717) is 25.7 Å². The molecule has 2 aliphatic heterocycles. The summed E-state index contributed by atoms with van der Waals surface area (Å²) < 4.78 is 9.04. The lowest BCUT2D eigenvalue weighted by molar-refractivity contribution is -0.155. The minimum Gasteiger partial charge on any atom is -0.393 e. The Labute approximate surface area is 133 Å². The van der Waals surface area contributed by atoms with Gasteiger partial charge in [-0.1, -0.05) is 23.8 Å². The highest BCUT2D eigenvalue weighted by molar-refractivity contribution is 5.97. The van der Waals surface area contributed by atoms with Crippen LogP contribution in [0.1, 0.15) is 32.6 Å². The summed E-state index contributed by atoms with van der Waals surface area (Å²) in [5, 5.41) is 0. The van der Waals surface area contributed by atoms with Crippen molar-refractivity contribution >= 4 is 23.9 Å². The van der Waals surface area contributed by atoms with Gasteiger partial charge in [0.25, 0.3) is 0 Å². The van der Waals surface area contributed by atoms with Gasteiger partial charge in [0.15, 0.2) is 0 Å². The van der Waals surface area contributed by atoms with Gasteiger partial charge in [0.2, 0.25) is 0 Å². The summed E-state index contributed by atoms with van der Waals surface area (Å²) in [6, 6.07) is 0. The molecule has 4 aliphatic rings. The van der Waals surface area contributed by atoms with Crippen LogP contribution in [0.15, 0.2) is 23.8 Å². The Morgan fingerprint density at radius 1 is 0.739 bits per heavy atom. The lowest BCUT2D eigenvalue weighted by Crippen LogP contribution is -2.20. The predicted molar refractivity (Wildman–Crippen MR) is 77.5 cm³/mol. The molecule has 0 aromatic carbocycles. The predicted octanol–water partition coefficient (Wildman–Crippen LogP) is 1.69. The minimum absolute atomic E-state index is 0.188. The van der Waals surface area contributed by atoms with Crippen LogP contribution in [0, 0.1) is 23.7 Å². The van der Waals surface area contributed by atoms with Crippen molar-refractivity contribution in [1.82, 2.24) is 0 Å². The summed E-state index contributed by atoms with van der Waals surface area (Å²) in [6.45, 7) is 1.98. The third kappa shape index (κ3) is 2.98. The SMILES string of the molecule is CC1=CCC2C(=O)OC(=O)C2C1.O=C1OC(=O)C2CC=CCC12. The van der Waals surface area contributed by atoms with Gasteiger partial charge >= 0.3 is 23.9 Å². The minimum atomic E-state index is -0.343. The van der Waals surface area contributed by atoms with Crippen molar-refractivity contribution in [2.24, 2.45) is 23.7 Å². The van der Waals surface area contributed by atoms with Crippen LogP contribution in [0.5, 0.6) is 0 Å². The molecule has 0 bridgehead atoms. The average molecular weight is 318 g/mol. The number of rotatable bonds is 0. The maximum absolute atomic E-state index is 11.1. The molecule has 0 N–H and O–H groups in total. The number of carbonyl (C=O) groups is 4. The van der Waals surface area contributed by atoms with Gasteiger partial charge in [0.1, 0.15) is 0 Å². The second-order valence-electron chi connectivity index (χ2n) is 6.34. The molecule has 4 rings (SSSR count). The molecule has 2 saturated heterocycles. The van der Waals surface area contributed by atoms with Crippen LogP contribution in [0.4, 0.5) is 0 Å². The van der Waals surface area contributed by atoms with Gasteiger partial charge in [-0.25, -0.2) is 0 Å². The van der Waals surface area contributed by atoms with Crippen LogP contribution < -0.4 is 0 Å². The van der Waals surface area contributed by atoms with Crippen molar-refractivity contribution in [3.63, 3.8) is 0 Å². The van der Waals surface area contributed by atoms with Crippen molar-refractivity contribution in [3.8, 4) is 0 Å². The zero-order chi connectivity index (χ0) is 16.6. The number of fused-ring (bicyclic) bond motifs is 2. The topological polar surface area (TPSA) is 86.7 Å². The molecule has 0 aromatic rings. The second-order valence-corrected chi connectivity index (χ2v) is 6.34. The Morgan fingerprint density at radius 2 is 1.17 bits per heavy atom. The molecule has 0 radical (unpaired) electrons. The van der Waals surface area contributed by atoms with Gasteiger partial charge in [-0.05, 0) is 32.6 Å². The summed E-state index contributed by atoms with van der Waals surface area (Å²) in [6.07, 6.45) is 8.56. The highest BCUT2D eigenvalue weighted by atomic mass is 16.6. The van der Waals surface area contributed by atoms with Gasteiger partial charge in [0, 0.05) is 0 Å². The second kappa shape index (κ2) is 6.10. The van der Waals surface area contributed by atoms with Crippen molar-refractivity contribution in [2.75, 3.05) is 0 Å². The maximum Gasteiger partial charge on any atom is 0.317 e. The van der Waals surface area contributed by atoms with E-state index in [-0.39, 0.29) is 47.5 Å². The highest BCUT2D eigenvalue weighted by Crippen LogP contribution is 2.36. The molecule has 6 heteroatoms. The zero-order valence-electron chi connectivity index (χ0n) is 12.8. The molecular formula is C17H18O6. The first kappa shape index (κ1) is 15.6. The summed E-state index contributed by atoms with van der Waals surface area (Å²) in [7, 11) is 0. The van der Waals surface area contributed by atoms with Gasteiger partial charge < -0.3 is 9.47 Å². The Hall–Kier alpha value is -2.24. The number of allylic oxidation sites excluding steroid dienone is 4. The van der Waals surface area contributed by atoms with Crippen LogP contribution in [-0.4, -0.2) is 23.9 Å². The van der Waals surface area contributed by atoms with Crippen LogP contribution >= 0.6 is 0 Å². The van der Waals surface area contributed by atoms with E-state index in [1.165, 1.54) is 5.57 Å². The van der Waals surface area contributed by atoms with Gasteiger partial charge in [-0.3, -0.25) is 19.2 Å². The van der Waals surface area contributed by atoms with Gasteiger partial charge in [-0.2, -0.15) is 0 Å².